The third-order valence-electron chi connectivity index (χ3n) is 6.04. The Bertz CT molecular complexity index is 962. The van der Waals surface area contributed by atoms with Crippen molar-refractivity contribution in [1.29, 1.82) is 0 Å². The Morgan fingerprint density at radius 2 is 2.14 bits per heavy atom. The molecule has 154 valence electrons. The first-order valence-electron chi connectivity index (χ1n) is 9.90. The van der Waals surface area contributed by atoms with Crippen LogP contribution in [0.1, 0.15) is 60.0 Å². The Kier molecular flexibility index (Phi) is 6.49. The molecule has 1 aliphatic rings. The smallest absolute Gasteiger partial charge is 0.251 e. The fourth-order valence-corrected chi connectivity index (χ4v) is 5.36. The number of rotatable bonds is 6. The lowest BCUT2D eigenvalue weighted by atomic mass is 9.69. The highest BCUT2D eigenvalue weighted by molar-refractivity contribution is 7.17. The molecule has 0 spiro atoms. The number of thiophene rings is 1. The molecule has 4 nitrogen and oxygen atoms in total. The summed E-state index contributed by atoms with van der Waals surface area (Å²) in [6.45, 7) is 6.82. The maximum atomic E-state index is 12.5. The molecule has 1 aliphatic carbocycles. The summed E-state index contributed by atoms with van der Waals surface area (Å²) < 4.78 is 0. The number of primary amides is 1. The standard InChI is InChI=1S/C23H27ClN2O2S/c1-4-23(2,3)15-9-10-17-18(13-15)29-22(20(17)21(25)28)26-19(27)11-8-14-6-5-7-16(24)12-14/h5-8,11-12,15H,4,9-10,13H2,1-3H3,(H2,25,28)(H,26,27). The summed E-state index contributed by atoms with van der Waals surface area (Å²) in [6, 6.07) is 7.25. The Morgan fingerprint density at radius 3 is 2.79 bits per heavy atom. The largest absolute Gasteiger partial charge is 0.365 e. The van der Waals surface area contributed by atoms with Gasteiger partial charge in [-0.2, -0.15) is 0 Å². The molecular formula is C23H27ClN2O2S. The van der Waals surface area contributed by atoms with Gasteiger partial charge in [0.1, 0.15) is 5.00 Å². The zero-order valence-corrected chi connectivity index (χ0v) is 18.6. The first-order chi connectivity index (χ1) is 13.7. The molecule has 29 heavy (non-hydrogen) atoms. The lowest BCUT2D eigenvalue weighted by Gasteiger charge is -2.36. The van der Waals surface area contributed by atoms with Crippen LogP contribution in [0.4, 0.5) is 5.00 Å². The van der Waals surface area contributed by atoms with Crippen molar-refractivity contribution in [3.63, 3.8) is 0 Å². The number of amides is 2. The van der Waals surface area contributed by atoms with Crippen LogP contribution in [-0.4, -0.2) is 11.8 Å². The maximum Gasteiger partial charge on any atom is 0.251 e. The average Bonchev–Trinajstić information content (AvgIpc) is 3.03. The van der Waals surface area contributed by atoms with Gasteiger partial charge < -0.3 is 11.1 Å². The molecule has 1 aromatic heterocycles. The number of hydrogen-bond donors (Lipinski definition) is 2. The third kappa shape index (κ3) is 4.90. The van der Waals surface area contributed by atoms with Gasteiger partial charge in [-0.1, -0.05) is 50.9 Å². The number of nitrogens with one attached hydrogen (secondary N) is 1. The van der Waals surface area contributed by atoms with E-state index in [2.05, 4.69) is 26.1 Å². The molecule has 1 atom stereocenters. The minimum atomic E-state index is -0.482. The molecule has 6 heteroatoms. The molecule has 3 N–H and O–H groups in total. The summed E-state index contributed by atoms with van der Waals surface area (Å²) in [7, 11) is 0. The van der Waals surface area contributed by atoms with Crippen LogP contribution in [0.2, 0.25) is 5.02 Å². The molecule has 0 bridgehead atoms. The van der Waals surface area contributed by atoms with Crippen LogP contribution in [0.25, 0.3) is 6.08 Å². The van der Waals surface area contributed by atoms with Crippen LogP contribution in [0.3, 0.4) is 0 Å². The first-order valence-corrected chi connectivity index (χ1v) is 11.1. The molecule has 0 fully saturated rings. The Morgan fingerprint density at radius 1 is 1.38 bits per heavy atom. The Balaban J connectivity index is 1.81. The number of anilines is 1. The van der Waals surface area contributed by atoms with Crippen LogP contribution in [-0.2, 0) is 17.6 Å². The first kappa shape index (κ1) is 21.6. The normalized spacial score (nSPS) is 16.6. The van der Waals surface area contributed by atoms with Crippen LogP contribution in [0, 0.1) is 11.3 Å². The molecule has 0 radical (unpaired) electrons. The molecule has 0 saturated carbocycles. The van der Waals surface area contributed by atoms with E-state index in [0.29, 0.717) is 21.5 Å². The SMILES string of the molecule is CCC(C)(C)C1CCc2c(sc(NC(=O)C=Cc3cccc(Cl)c3)c2C(N)=O)C1. The van der Waals surface area contributed by atoms with Crippen molar-refractivity contribution < 1.29 is 9.59 Å². The van der Waals surface area contributed by atoms with E-state index < -0.39 is 5.91 Å². The van der Waals surface area contributed by atoms with Crippen LogP contribution in [0.15, 0.2) is 30.3 Å². The molecular weight excluding hydrogens is 404 g/mol. The second-order valence-corrected chi connectivity index (χ2v) is 9.77. The van der Waals surface area contributed by atoms with E-state index >= 15 is 0 Å². The van der Waals surface area contributed by atoms with Crippen molar-refractivity contribution in [2.75, 3.05) is 5.32 Å². The molecule has 2 aromatic rings. The van der Waals surface area contributed by atoms with E-state index in [-0.39, 0.29) is 11.3 Å². The quantitative estimate of drug-likeness (QED) is 0.577. The molecule has 1 aromatic carbocycles. The fraction of sp³-hybridized carbons (Fsp3) is 0.391. The summed E-state index contributed by atoms with van der Waals surface area (Å²) in [6.07, 6.45) is 7.03. The number of carbonyl (C=O) groups excluding carboxylic acids is 2. The van der Waals surface area contributed by atoms with Gasteiger partial charge in [0.05, 0.1) is 5.56 Å². The van der Waals surface area contributed by atoms with Gasteiger partial charge in [0, 0.05) is 16.0 Å². The van der Waals surface area contributed by atoms with E-state index in [0.717, 1.165) is 36.8 Å². The van der Waals surface area contributed by atoms with Crippen molar-refractivity contribution >= 4 is 45.8 Å². The number of hydrogen-bond acceptors (Lipinski definition) is 3. The topological polar surface area (TPSA) is 72.2 Å². The monoisotopic (exact) mass is 430 g/mol. The van der Waals surface area contributed by atoms with Crippen molar-refractivity contribution in [2.24, 2.45) is 17.1 Å². The van der Waals surface area contributed by atoms with E-state index in [9.17, 15) is 9.59 Å². The van der Waals surface area contributed by atoms with Crippen LogP contribution < -0.4 is 11.1 Å². The number of fused-ring (bicyclic) bond motifs is 1. The minimum Gasteiger partial charge on any atom is -0.365 e. The summed E-state index contributed by atoms with van der Waals surface area (Å²) in [5.74, 6) is -0.216. The lowest BCUT2D eigenvalue weighted by Crippen LogP contribution is -2.29. The van der Waals surface area contributed by atoms with Gasteiger partial charge in [0.15, 0.2) is 0 Å². The Labute approximate surface area is 181 Å². The van der Waals surface area contributed by atoms with Gasteiger partial charge in [-0.3, -0.25) is 9.59 Å². The Hall–Kier alpha value is -2.11. The van der Waals surface area contributed by atoms with Gasteiger partial charge in [-0.25, -0.2) is 0 Å². The van der Waals surface area contributed by atoms with E-state index in [1.807, 2.05) is 12.1 Å². The molecule has 1 unspecified atom stereocenters. The van der Waals surface area contributed by atoms with E-state index in [1.54, 1.807) is 18.2 Å². The zero-order valence-electron chi connectivity index (χ0n) is 17.0. The minimum absolute atomic E-state index is 0.248. The summed E-state index contributed by atoms with van der Waals surface area (Å²) in [5.41, 5.74) is 8.24. The van der Waals surface area contributed by atoms with Gasteiger partial charge in [-0.15, -0.1) is 11.3 Å². The van der Waals surface area contributed by atoms with Crippen molar-refractivity contribution in [3.8, 4) is 0 Å². The van der Waals surface area contributed by atoms with Crippen molar-refractivity contribution in [3.05, 3.63) is 56.9 Å². The van der Waals surface area contributed by atoms with E-state index in [1.165, 1.54) is 22.3 Å². The predicted molar refractivity (Wildman–Crippen MR) is 122 cm³/mol. The zero-order chi connectivity index (χ0) is 21.2. The van der Waals surface area contributed by atoms with Gasteiger partial charge >= 0.3 is 0 Å². The molecule has 3 rings (SSSR count). The van der Waals surface area contributed by atoms with Crippen molar-refractivity contribution in [1.82, 2.24) is 0 Å². The average molecular weight is 431 g/mol. The number of benzene rings is 1. The fourth-order valence-electron chi connectivity index (χ4n) is 3.83. The maximum absolute atomic E-state index is 12.5. The van der Waals surface area contributed by atoms with Crippen LogP contribution >= 0.6 is 22.9 Å². The summed E-state index contributed by atoms with van der Waals surface area (Å²) in [4.78, 5) is 25.8. The van der Waals surface area contributed by atoms with Gasteiger partial charge in [-0.05, 0) is 59.9 Å². The highest BCUT2D eigenvalue weighted by Gasteiger charge is 2.34. The summed E-state index contributed by atoms with van der Waals surface area (Å²) in [5, 5.41) is 4.02. The number of nitrogens with two attached hydrogens (primary N) is 1. The predicted octanol–water partition coefficient (Wildman–Crippen LogP) is 5.69. The number of halogens is 1. The lowest BCUT2D eigenvalue weighted by molar-refractivity contribution is -0.111. The summed E-state index contributed by atoms with van der Waals surface area (Å²) >= 11 is 7.46. The highest BCUT2D eigenvalue weighted by Crippen LogP contribution is 2.45. The highest BCUT2D eigenvalue weighted by atomic mass is 35.5. The second kappa shape index (κ2) is 8.72. The van der Waals surface area contributed by atoms with E-state index in [4.69, 9.17) is 17.3 Å². The molecule has 0 saturated heterocycles. The van der Waals surface area contributed by atoms with Crippen LogP contribution in [0.5, 0.6) is 0 Å². The van der Waals surface area contributed by atoms with Gasteiger partial charge in [0.2, 0.25) is 5.91 Å². The second-order valence-electron chi connectivity index (χ2n) is 8.23. The molecule has 2 amide bonds. The van der Waals surface area contributed by atoms with Crippen molar-refractivity contribution in [2.45, 2.75) is 46.5 Å². The third-order valence-corrected chi connectivity index (χ3v) is 7.45. The van der Waals surface area contributed by atoms with Gasteiger partial charge in [0.25, 0.3) is 5.91 Å². The number of carbonyl (C=O) groups is 2. The molecule has 1 heterocycles. The molecule has 0 aliphatic heterocycles.